The molecule has 0 bridgehead atoms. The van der Waals surface area contributed by atoms with Gasteiger partial charge in [0, 0.05) is 11.7 Å². The molecule has 0 aromatic heterocycles. The Morgan fingerprint density at radius 1 is 1.14 bits per heavy atom. The van der Waals surface area contributed by atoms with Crippen LogP contribution in [0.4, 0.5) is 0 Å². The van der Waals surface area contributed by atoms with Gasteiger partial charge in [-0.15, -0.1) is 0 Å². The summed E-state index contributed by atoms with van der Waals surface area (Å²) >= 11 is 1.52. The predicted molar refractivity (Wildman–Crippen MR) is 65.9 cm³/mol. The Hall–Kier alpha value is -0.760. The third kappa shape index (κ3) is 2.88. The molecular weight excluding hydrogens is 190 g/mol. The maximum absolute atomic E-state index is 4.50. The molecule has 1 rings (SSSR count). The second-order valence-electron chi connectivity index (χ2n) is 4.24. The Morgan fingerprint density at radius 3 is 2.14 bits per heavy atom. The van der Waals surface area contributed by atoms with E-state index in [4.69, 9.17) is 0 Å². The predicted octanol–water partition coefficient (Wildman–Crippen LogP) is 3.80. The van der Waals surface area contributed by atoms with Crippen LogP contribution >= 0.6 is 11.9 Å². The van der Waals surface area contributed by atoms with Gasteiger partial charge in [-0.1, -0.05) is 51.1 Å². The van der Waals surface area contributed by atoms with Crippen LogP contribution in [0.5, 0.6) is 0 Å². The summed E-state index contributed by atoms with van der Waals surface area (Å²) in [6, 6.07) is 10.4. The molecule has 1 aromatic rings. The summed E-state index contributed by atoms with van der Waals surface area (Å²) in [6.07, 6.45) is 1.99. The quantitative estimate of drug-likeness (QED) is 0.531. The normalized spacial score (nSPS) is 13.0. The van der Waals surface area contributed by atoms with E-state index >= 15 is 0 Å². The summed E-state index contributed by atoms with van der Waals surface area (Å²) in [4.78, 5) is 0. The molecule has 0 saturated carbocycles. The summed E-state index contributed by atoms with van der Waals surface area (Å²) in [6.45, 7) is 6.57. The van der Waals surface area contributed by atoms with Gasteiger partial charge >= 0.3 is 0 Å². The van der Waals surface area contributed by atoms with E-state index in [-0.39, 0.29) is 5.41 Å². The van der Waals surface area contributed by atoms with Crippen molar-refractivity contribution in [2.75, 3.05) is 6.26 Å². The molecule has 0 radical (unpaired) electrons. The van der Waals surface area contributed by atoms with Crippen LogP contribution in [0.3, 0.4) is 0 Å². The zero-order chi connectivity index (χ0) is 10.6. The topological polar surface area (TPSA) is 12.4 Å². The highest BCUT2D eigenvalue weighted by atomic mass is 32.2. The molecule has 0 heterocycles. The average Bonchev–Trinajstić information content (AvgIpc) is 2.14. The van der Waals surface area contributed by atoms with Crippen molar-refractivity contribution in [3.63, 3.8) is 0 Å². The van der Waals surface area contributed by atoms with Gasteiger partial charge in [-0.05, 0) is 17.5 Å². The van der Waals surface area contributed by atoms with E-state index in [1.54, 1.807) is 0 Å². The molecule has 0 aliphatic heterocycles. The second-order valence-corrected chi connectivity index (χ2v) is 4.79. The van der Waals surface area contributed by atoms with Crippen LogP contribution in [-0.2, 0) is 0 Å². The molecule has 0 saturated heterocycles. The molecule has 1 aromatic carbocycles. The average molecular weight is 207 g/mol. The highest BCUT2D eigenvalue weighted by molar-refractivity contribution is 7.97. The lowest BCUT2D eigenvalue weighted by Gasteiger charge is -2.21. The van der Waals surface area contributed by atoms with E-state index in [1.165, 1.54) is 17.5 Å². The Bertz CT molecular complexity index is 309. The number of benzene rings is 1. The zero-order valence-corrected chi connectivity index (χ0v) is 10.1. The first-order chi connectivity index (χ1) is 6.55. The highest BCUT2D eigenvalue weighted by Crippen LogP contribution is 2.23. The maximum Gasteiger partial charge on any atom is 0.0612 e. The van der Waals surface area contributed by atoms with Gasteiger partial charge in [0.15, 0.2) is 0 Å². The first-order valence-corrected chi connectivity index (χ1v) is 5.91. The van der Waals surface area contributed by atoms with Gasteiger partial charge in [0.2, 0.25) is 0 Å². The fraction of sp³-hybridized carbons (Fsp3) is 0.417. The third-order valence-electron chi connectivity index (χ3n) is 1.94. The van der Waals surface area contributed by atoms with Gasteiger partial charge in [0.25, 0.3) is 0 Å². The summed E-state index contributed by atoms with van der Waals surface area (Å²) < 4.78 is 4.50. The van der Waals surface area contributed by atoms with Gasteiger partial charge in [-0.25, -0.2) is 4.40 Å². The highest BCUT2D eigenvalue weighted by Gasteiger charge is 2.20. The Balaban J connectivity index is 3.09. The smallest absolute Gasteiger partial charge is 0.0612 e. The lowest BCUT2D eigenvalue weighted by Crippen LogP contribution is -2.20. The van der Waals surface area contributed by atoms with Crippen molar-refractivity contribution >= 4 is 17.7 Å². The van der Waals surface area contributed by atoms with Crippen molar-refractivity contribution in [2.24, 2.45) is 9.81 Å². The number of hydrogen-bond acceptors (Lipinski definition) is 2. The van der Waals surface area contributed by atoms with E-state index in [0.29, 0.717) is 0 Å². The third-order valence-corrected chi connectivity index (χ3v) is 2.31. The van der Waals surface area contributed by atoms with Crippen LogP contribution < -0.4 is 0 Å². The fourth-order valence-corrected chi connectivity index (χ4v) is 1.87. The Morgan fingerprint density at radius 2 is 1.71 bits per heavy atom. The standard InChI is InChI=1S/C12H17NS/c1-12(2,3)11(13-14-4)10-8-6-5-7-9-10/h5-9H,1-4H3/b13-11-. The molecule has 0 spiro atoms. The van der Waals surface area contributed by atoms with Crippen LogP contribution in [0.1, 0.15) is 26.3 Å². The minimum Gasteiger partial charge on any atom is -0.220 e. The van der Waals surface area contributed by atoms with Crippen LogP contribution in [-0.4, -0.2) is 12.0 Å². The number of hydrogen-bond donors (Lipinski definition) is 0. The van der Waals surface area contributed by atoms with Crippen LogP contribution in [0.2, 0.25) is 0 Å². The molecule has 0 N–H and O–H groups in total. The molecule has 0 aliphatic carbocycles. The molecule has 14 heavy (non-hydrogen) atoms. The molecule has 0 atom stereocenters. The molecule has 0 unspecified atom stereocenters. The molecular formula is C12H17NS. The number of nitrogens with zero attached hydrogens (tertiary/aromatic N) is 1. The maximum atomic E-state index is 4.50. The van der Waals surface area contributed by atoms with E-state index in [0.717, 1.165) is 5.71 Å². The van der Waals surface area contributed by atoms with Crippen molar-refractivity contribution in [2.45, 2.75) is 20.8 Å². The lowest BCUT2D eigenvalue weighted by atomic mass is 9.86. The van der Waals surface area contributed by atoms with E-state index < -0.39 is 0 Å². The van der Waals surface area contributed by atoms with Gasteiger partial charge in [0.05, 0.1) is 5.71 Å². The van der Waals surface area contributed by atoms with Gasteiger partial charge in [-0.3, -0.25) is 0 Å². The SMILES string of the molecule is CS/N=C(/c1ccccc1)C(C)(C)C. The second kappa shape index (κ2) is 4.65. The molecule has 0 aliphatic rings. The summed E-state index contributed by atoms with van der Waals surface area (Å²) in [7, 11) is 0. The first kappa shape index (κ1) is 11.3. The molecule has 1 nitrogen and oxygen atoms in total. The summed E-state index contributed by atoms with van der Waals surface area (Å²) in [5.74, 6) is 0. The zero-order valence-electron chi connectivity index (χ0n) is 9.24. The largest absolute Gasteiger partial charge is 0.220 e. The fourth-order valence-electron chi connectivity index (χ4n) is 1.31. The number of rotatable bonds is 2. The van der Waals surface area contributed by atoms with Gasteiger partial charge in [-0.2, -0.15) is 0 Å². The monoisotopic (exact) mass is 207 g/mol. The Kier molecular flexibility index (Phi) is 3.76. The van der Waals surface area contributed by atoms with Crippen LogP contribution in [0, 0.1) is 5.41 Å². The van der Waals surface area contributed by atoms with Crippen molar-refractivity contribution < 1.29 is 0 Å². The molecule has 76 valence electrons. The van der Waals surface area contributed by atoms with Crippen LogP contribution in [0.25, 0.3) is 0 Å². The minimum absolute atomic E-state index is 0.102. The molecule has 2 heteroatoms. The molecule has 0 fully saturated rings. The van der Waals surface area contributed by atoms with Crippen molar-refractivity contribution in [1.82, 2.24) is 0 Å². The summed E-state index contributed by atoms with van der Waals surface area (Å²) in [5, 5.41) is 0. The van der Waals surface area contributed by atoms with Crippen molar-refractivity contribution in [3.8, 4) is 0 Å². The van der Waals surface area contributed by atoms with Crippen molar-refractivity contribution in [1.29, 1.82) is 0 Å². The van der Waals surface area contributed by atoms with Gasteiger partial charge < -0.3 is 0 Å². The molecule has 0 amide bonds. The lowest BCUT2D eigenvalue weighted by molar-refractivity contribution is 0.594. The van der Waals surface area contributed by atoms with Gasteiger partial charge in [0.1, 0.15) is 0 Å². The summed E-state index contributed by atoms with van der Waals surface area (Å²) in [5.41, 5.74) is 2.48. The van der Waals surface area contributed by atoms with Crippen molar-refractivity contribution in [3.05, 3.63) is 35.9 Å². The van der Waals surface area contributed by atoms with E-state index in [1.807, 2.05) is 12.3 Å². The van der Waals surface area contributed by atoms with E-state index in [9.17, 15) is 0 Å². The van der Waals surface area contributed by atoms with E-state index in [2.05, 4.69) is 49.4 Å². The van der Waals surface area contributed by atoms with Crippen LogP contribution in [0.15, 0.2) is 34.7 Å². The first-order valence-electron chi connectivity index (χ1n) is 4.73. The Labute approximate surface area is 90.8 Å². The minimum atomic E-state index is 0.102.